The van der Waals surface area contributed by atoms with Crippen LogP contribution in [0.4, 0.5) is 0 Å². The van der Waals surface area contributed by atoms with Crippen molar-refractivity contribution in [1.29, 1.82) is 0 Å². The first kappa shape index (κ1) is 36.2. The summed E-state index contributed by atoms with van der Waals surface area (Å²) in [6, 6.07) is 14.3. The number of ether oxygens (including phenoxy) is 5. The van der Waals surface area contributed by atoms with Gasteiger partial charge in [0.25, 0.3) is 0 Å². The van der Waals surface area contributed by atoms with Crippen LogP contribution >= 0.6 is 0 Å². The van der Waals surface area contributed by atoms with Crippen LogP contribution in [0, 0.1) is 12.8 Å². The van der Waals surface area contributed by atoms with Gasteiger partial charge in [0.2, 0.25) is 11.8 Å². The molecule has 3 aliphatic rings. The average molecular weight is 684 g/mol. The number of rotatable bonds is 9. The van der Waals surface area contributed by atoms with Crippen molar-refractivity contribution < 1.29 is 33.3 Å². The van der Waals surface area contributed by atoms with E-state index in [0.29, 0.717) is 47.9 Å². The zero-order chi connectivity index (χ0) is 35.5. The number of carbonyl (C=O) groups excluding carboxylic acids is 2. The van der Waals surface area contributed by atoms with E-state index in [2.05, 4.69) is 15.0 Å². The van der Waals surface area contributed by atoms with Gasteiger partial charge in [-0.15, -0.1) is 0 Å². The van der Waals surface area contributed by atoms with E-state index >= 15 is 0 Å². The minimum Gasteiger partial charge on any atom is -0.497 e. The first-order chi connectivity index (χ1) is 24.4. The number of benzene rings is 1. The minimum absolute atomic E-state index is 0.0375. The maximum atomic E-state index is 12.4. The molecule has 0 radical (unpaired) electrons. The second-order valence-corrected chi connectivity index (χ2v) is 11.9. The van der Waals surface area contributed by atoms with Gasteiger partial charge < -0.3 is 33.5 Å². The predicted octanol–water partition coefficient (Wildman–Crippen LogP) is 6.33. The van der Waals surface area contributed by atoms with Gasteiger partial charge in [-0.1, -0.05) is 19.9 Å². The Kier molecular flexibility index (Phi) is 12.7. The minimum atomic E-state index is -0.217. The molecule has 12 heteroatoms. The lowest BCUT2D eigenvalue weighted by molar-refractivity contribution is -0.149. The van der Waals surface area contributed by atoms with Gasteiger partial charge in [0.15, 0.2) is 0 Å². The summed E-state index contributed by atoms with van der Waals surface area (Å²) in [7, 11) is 3.37. The van der Waals surface area contributed by atoms with Gasteiger partial charge in [0.05, 0.1) is 38.1 Å². The molecule has 12 nitrogen and oxygen atoms in total. The van der Waals surface area contributed by atoms with Crippen LogP contribution in [0.1, 0.15) is 55.6 Å². The van der Waals surface area contributed by atoms with Crippen LogP contribution in [-0.4, -0.2) is 83.7 Å². The molecule has 1 saturated carbocycles. The average Bonchev–Trinajstić information content (AvgIpc) is 3.98. The highest BCUT2D eigenvalue weighted by Crippen LogP contribution is 2.38. The maximum Gasteiger partial charge on any atom is 0.249 e. The summed E-state index contributed by atoms with van der Waals surface area (Å²) < 4.78 is 28.2. The number of likely N-dealkylation sites (N-methyl/N-ethyl adjacent to an activating group) is 1. The second kappa shape index (κ2) is 17.5. The van der Waals surface area contributed by atoms with Crippen molar-refractivity contribution in [2.45, 2.75) is 45.7 Å². The number of carbonyl (C=O) groups is 2. The van der Waals surface area contributed by atoms with Gasteiger partial charge in [-0.2, -0.15) is 0 Å². The summed E-state index contributed by atoms with van der Waals surface area (Å²) in [6.07, 6.45) is 11.0. The zero-order valence-electron chi connectivity index (χ0n) is 29.3. The molecule has 5 heterocycles. The number of aryl methyl sites for hydroxylation is 1. The van der Waals surface area contributed by atoms with Crippen molar-refractivity contribution in [2.24, 2.45) is 5.92 Å². The fraction of sp³-hybridized carbons (Fsp3) is 0.395. The standard InChI is InChI=1S/C19H21N3O3.C17H18N2O4.C2H6/c1-13-17(3-2-7-21-13)25-18-6-8-20-9-15(18)16-11-24-12-19(23)22(16)10-14-4-5-14;1-19-15(10-22-11-17(19)20)14-9-18-7-6-16(14)23-13-5-3-4-12(8-13)21-2;1-2/h2-3,6-9,14,16H,4-5,10-12H2,1H3;3-9,15H,10-11H2,1-2H3;1-2H3. The van der Waals surface area contributed by atoms with E-state index in [4.69, 9.17) is 23.7 Å². The summed E-state index contributed by atoms with van der Waals surface area (Å²) >= 11 is 0. The van der Waals surface area contributed by atoms with Crippen molar-refractivity contribution in [1.82, 2.24) is 24.8 Å². The third-order valence-electron chi connectivity index (χ3n) is 8.50. The number of pyridine rings is 3. The second-order valence-electron chi connectivity index (χ2n) is 11.9. The van der Waals surface area contributed by atoms with Gasteiger partial charge in [-0.3, -0.25) is 24.5 Å². The van der Waals surface area contributed by atoms with Crippen molar-refractivity contribution >= 4 is 11.8 Å². The number of amides is 2. The topological polar surface area (TPSA) is 125 Å². The Hall–Kier alpha value is -5.07. The lowest BCUT2D eigenvalue weighted by Crippen LogP contribution is -2.45. The molecule has 50 heavy (non-hydrogen) atoms. The van der Waals surface area contributed by atoms with Gasteiger partial charge >= 0.3 is 0 Å². The van der Waals surface area contributed by atoms with Crippen molar-refractivity contribution in [2.75, 3.05) is 47.1 Å². The fourth-order valence-corrected chi connectivity index (χ4v) is 5.58. The Morgan fingerprint density at radius 2 is 1.42 bits per heavy atom. The molecule has 2 atom stereocenters. The molecular weight excluding hydrogens is 638 g/mol. The molecule has 1 aromatic carbocycles. The van der Waals surface area contributed by atoms with E-state index in [9.17, 15) is 9.59 Å². The molecule has 2 saturated heterocycles. The van der Waals surface area contributed by atoms with E-state index in [0.717, 1.165) is 23.4 Å². The molecule has 0 N–H and O–H groups in total. The Labute approximate surface area is 293 Å². The highest BCUT2D eigenvalue weighted by molar-refractivity contribution is 5.79. The van der Waals surface area contributed by atoms with Gasteiger partial charge in [-0.25, -0.2) is 0 Å². The Balaban J connectivity index is 0.000000186. The number of hydrogen-bond donors (Lipinski definition) is 0. The molecule has 2 amide bonds. The maximum absolute atomic E-state index is 12.4. The molecule has 4 aromatic rings. The summed E-state index contributed by atoms with van der Waals surface area (Å²) in [5, 5.41) is 0. The van der Waals surface area contributed by atoms with Crippen molar-refractivity contribution in [3.63, 3.8) is 0 Å². The molecule has 3 fully saturated rings. The molecular formula is C38H45N5O7. The third kappa shape index (κ3) is 9.13. The Bertz CT molecular complexity index is 1730. The smallest absolute Gasteiger partial charge is 0.249 e. The molecule has 2 aliphatic heterocycles. The molecule has 0 spiro atoms. The highest BCUT2D eigenvalue weighted by Gasteiger charge is 2.36. The number of nitrogens with zero attached hydrogens (tertiary/aromatic N) is 5. The SMILES string of the molecule is CC.COc1cccc(Oc2ccncc2C2COCC(=O)N2C)c1.Cc1ncccc1Oc1ccncc1C1COCC(=O)N1CC1CC1. The lowest BCUT2D eigenvalue weighted by atomic mass is 10.1. The molecule has 264 valence electrons. The summed E-state index contributed by atoms with van der Waals surface area (Å²) in [6.45, 7) is 7.84. The molecule has 3 aromatic heterocycles. The molecule has 7 rings (SSSR count). The first-order valence-corrected chi connectivity index (χ1v) is 16.9. The quantitative estimate of drug-likeness (QED) is 0.198. The van der Waals surface area contributed by atoms with E-state index < -0.39 is 0 Å². The summed E-state index contributed by atoms with van der Waals surface area (Å²) in [5.41, 5.74) is 2.50. The fourth-order valence-electron chi connectivity index (χ4n) is 5.58. The van der Waals surface area contributed by atoms with Gasteiger partial charge in [0.1, 0.15) is 42.0 Å². The van der Waals surface area contributed by atoms with Gasteiger partial charge in [0, 0.05) is 61.8 Å². The Morgan fingerprint density at radius 1 is 0.780 bits per heavy atom. The monoisotopic (exact) mass is 683 g/mol. The molecule has 1 aliphatic carbocycles. The third-order valence-corrected chi connectivity index (χ3v) is 8.50. The Morgan fingerprint density at radius 3 is 2.10 bits per heavy atom. The zero-order valence-corrected chi connectivity index (χ0v) is 29.3. The van der Waals surface area contributed by atoms with E-state index in [1.165, 1.54) is 12.8 Å². The van der Waals surface area contributed by atoms with Crippen LogP contribution in [0.15, 0.2) is 79.5 Å². The first-order valence-electron chi connectivity index (χ1n) is 16.9. The largest absolute Gasteiger partial charge is 0.497 e. The van der Waals surface area contributed by atoms with Crippen molar-refractivity contribution in [3.05, 3.63) is 96.3 Å². The number of methoxy groups -OCH3 is 1. The number of hydrogen-bond acceptors (Lipinski definition) is 10. The predicted molar refractivity (Wildman–Crippen MR) is 186 cm³/mol. The van der Waals surface area contributed by atoms with Gasteiger partial charge in [-0.05, 0) is 62.1 Å². The van der Waals surface area contributed by atoms with E-state index in [1.807, 2.05) is 62.1 Å². The molecule has 0 bridgehead atoms. The van der Waals surface area contributed by atoms with Crippen LogP contribution < -0.4 is 14.2 Å². The highest BCUT2D eigenvalue weighted by atomic mass is 16.5. The summed E-state index contributed by atoms with van der Waals surface area (Å²) in [5.74, 6) is 4.00. The van der Waals surface area contributed by atoms with E-state index in [1.54, 1.807) is 62.2 Å². The lowest BCUT2D eigenvalue weighted by Gasteiger charge is -2.36. The van der Waals surface area contributed by atoms with Crippen molar-refractivity contribution in [3.8, 4) is 28.7 Å². The molecule has 2 unspecified atom stereocenters. The number of aromatic nitrogens is 3. The van der Waals surface area contributed by atoms with Crippen LogP contribution in [0.2, 0.25) is 0 Å². The van der Waals surface area contributed by atoms with Crippen LogP contribution in [0.25, 0.3) is 0 Å². The van der Waals surface area contributed by atoms with Crippen LogP contribution in [0.3, 0.4) is 0 Å². The van der Waals surface area contributed by atoms with E-state index in [-0.39, 0.29) is 37.1 Å². The normalized spacial score (nSPS) is 18.7. The van der Waals surface area contributed by atoms with Crippen LogP contribution in [-0.2, 0) is 19.1 Å². The number of morpholine rings is 2. The summed E-state index contributed by atoms with van der Waals surface area (Å²) in [4.78, 5) is 40.5. The van der Waals surface area contributed by atoms with Crippen LogP contribution in [0.5, 0.6) is 28.7 Å².